The lowest BCUT2D eigenvalue weighted by molar-refractivity contribution is -0.121. The van der Waals surface area contributed by atoms with Crippen molar-refractivity contribution in [3.05, 3.63) is 80.5 Å². The largest absolute Gasteiger partial charge is 0.344 e. The third-order valence-electron chi connectivity index (χ3n) is 4.88. The minimum absolute atomic E-state index is 0.0448. The van der Waals surface area contributed by atoms with Crippen LogP contribution in [0.2, 0.25) is 0 Å². The normalized spacial score (nSPS) is 12.2. The van der Waals surface area contributed by atoms with Crippen LogP contribution in [0.25, 0.3) is 11.4 Å². The summed E-state index contributed by atoms with van der Waals surface area (Å²) in [6.45, 7) is 4.35. The van der Waals surface area contributed by atoms with Gasteiger partial charge in [-0.1, -0.05) is 49.3 Å². The molecule has 0 bridgehead atoms. The van der Waals surface area contributed by atoms with Crippen molar-refractivity contribution in [1.29, 1.82) is 0 Å². The molecule has 5 nitrogen and oxygen atoms in total. The predicted molar refractivity (Wildman–Crippen MR) is 121 cm³/mol. The van der Waals surface area contributed by atoms with Crippen molar-refractivity contribution < 1.29 is 9.32 Å². The van der Waals surface area contributed by atoms with Gasteiger partial charge in [-0.3, -0.25) is 4.79 Å². The highest BCUT2D eigenvalue weighted by atomic mass is 32.1. The van der Waals surface area contributed by atoms with Crippen LogP contribution in [-0.4, -0.2) is 16.0 Å². The smallest absolute Gasteiger partial charge is 0.227 e. The molecule has 1 N–H and O–H groups in total. The summed E-state index contributed by atoms with van der Waals surface area (Å²) in [5, 5.41) is 13.1. The SMILES string of the molecule is CC(C)c1ccc(C(NC(=O)CCc2nc(-c3ccsc3)no2)c2cccs2)cc1. The van der Waals surface area contributed by atoms with Crippen LogP contribution in [0.1, 0.15) is 54.1 Å². The Morgan fingerprint density at radius 3 is 2.57 bits per heavy atom. The first kappa shape index (κ1) is 20.5. The van der Waals surface area contributed by atoms with Crippen molar-refractivity contribution in [1.82, 2.24) is 15.5 Å². The van der Waals surface area contributed by atoms with E-state index in [-0.39, 0.29) is 18.4 Å². The molecule has 1 atom stereocenters. The maximum atomic E-state index is 12.7. The van der Waals surface area contributed by atoms with E-state index in [4.69, 9.17) is 4.52 Å². The first-order valence-corrected chi connectivity index (χ1v) is 11.7. The summed E-state index contributed by atoms with van der Waals surface area (Å²) in [5.41, 5.74) is 3.29. The molecular formula is C23H23N3O2S2. The Morgan fingerprint density at radius 2 is 1.90 bits per heavy atom. The molecule has 0 spiro atoms. The third kappa shape index (κ3) is 4.86. The van der Waals surface area contributed by atoms with Crippen LogP contribution in [0, 0.1) is 0 Å². The van der Waals surface area contributed by atoms with Gasteiger partial charge in [-0.2, -0.15) is 16.3 Å². The lowest BCUT2D eigenvalue weighted by Gasteiger charge is -2.19. The minimum atomic E-state index is -0.164. The van der Waals surface area contributed by atoms with Gasteiger partial charge in [0.25, 0.3) is 0 Å². The molecule has 7 heteroatoms. The van der Waals surface area contributed by atoms with E-state index in [0.717, 1.165) is 16.0 Å². The topological polar surface area (TPSA) is 68.0 Å². The van der Waals surface area contributed by atoms with Gasteiger partial charge < -0.3 is 9.84 Å². The molecule has 0 aliphatic heterocycles. The fourth-order valence-electron chi connectivity index (χ4n) is 3.17. The second kappa shape index (κ2) is 9.36. The molecule has 3 heterocycles. The monoisotopic (exact) mass is 437 g/mol. The summed E-state index contributed by atoms with van der Waals surface area (Å²) >= 11 is 3.22. The van der Waals surface area contributed by atoms with Crippen molar-refractivity contribution >= 4 is 28.6 Å². The van der Waals surface area contributed by atoms with Gasteiger partial charge in [0.1, 0.15) is 0 Å². The summed E-state index contributed by atoms with van der Waals surface area (Å²) in [6, 6.07) is 14.3. The van der Waals surface area contributed by atoms with Gasteiger partial charge in [0.05, 0.1) is 6.04 Å². The summed E-state index contributed by atoms with van der Waals surface area (Å²) < 4.78 is 5.30. The van der Waals surface area contributed by atoms with E-state index in [1.165, 1.54) is 5.56 Å². The third-order valence-corrected chi connectivity index (χ3v) is 6.50. The highest BCUT2D eigenvalue weighted by Gasteiger charge is 2.19. The Morgan fingerprint density at radius 1 is 1.10 bits per heavy atom. The first-order valence-electron chi connectivity index (χ1n) is 9.88. The average Bonchev–Trinajstić information content (AvgIpc) is 3.52. The van der Waals surface area contributed by atoms with Gasteiger partial charge in [0, 0.05) is 28.7 Å². The van der Waals surface area contributed by atoms with E-state index in [1.54, 1.807) is 22.7 Å². The fourth-order valence-corrected chi connectivity index (χ4v) is 4.60. The Hall–Kier alpha value is -2.77. The van der Waals surface area contributed by atoms with Gasteiger partial charge in [-0.25, -0.2) is 0 Å². The molecule has 3 aromatic heterocycles. The summed E-state index contributed by atoms with van der Waals surface area (Å²) in [4.78, 5) is 18.2. The molecule has 30 heavy (non-hydrogen) atoms. The number of rotatable bonds is 8. The molecule has 4 rings (SSSR count). The number of thiophene rings is 2. The second-order valence-electron chi connectivity index (χ2n) is 7.36. The first-order chi connectivity index (χ1) is 14.6. The van der Waals surface area contributed by atoms with Gasteiger partial charge in [0.2, 0.25) is 17.6 Å². The lowest BCUT2D eigenvalue weighted by atomic mass is 9.98. The molecular weight excluding hydrogens is 414 g/mol. The van der Waals surface area contributed by atoms with Crippen LogP contribution >= 0.6 is 22.7 Å². The van der Waals surface area contributed by atoms with E-state index < -0.39 is 0 Å². The van der Waals surface area contributed by atoms with Crippen molar-refractivity contribution in [3.63, 3.8) is 0 Å². The number of hydrogen-bond donors (Lipinski definition) is 1. The number of amides is 1. The molecule has 1 aromatic carbocycles. The number of aromatic nitrogens is 2. The van der Waals surface area contributed by atoms with Crippen LogP contribution in [0.3, 0.4) is 0 Å². The number of benzene rings is 1. The van der Waals surface area contributed by atoms with Gasteiger partial charge in [-0.05, 0) is 39.9 Å². The number of nitrogens with zero attached hydrogens (tertiary/aromatic N) is 2. The maximum absolute atomic E-state index is 12.7. The van der Waals surface area contributed by atoms with Crippen molar-refractivity contribution in [2.75, 3.05) is 0 Å². The Kier molecular flexibility index (Phi) is 6.40. The van der Waals surface area contributed by atoms with Gasteiger partial charge in [-0.15, -0.1) is 11.3 Å². The standard InChI is InChI=1S/C23H23N3O2S2/c1-15(2)16-5-7-17(8-6-16)22(19-4-3-12-30-19)24-20(27)9-10-21-25-23(26-28-21)18-11-13-29-14-18/h3-8,11-15,22H,9-10H2,1-2H3,(H,24,27). The quantitative estimate of drug-likeness (QED) is 0.377. The lowest BCUT2D eigenvalue weighted by Crippen LogP contribution is -2.29. The second-order valence-corrected chi connectivity index (χ2v) is 9.12. The molecule has 0 aliphatic carbocycles. The van der Waals surface area contributed by atoms with E-state index in [2.05, 4.69) is 59.6 Å². The van der Waals surface area contributed by atoms with Gasteiger partial charge >= 0.3 is 0 Å². The van der Waals surface area contributed by atoms with Crippen molar-refractivity contribution in [3.8, 4) is 11.4 Å². The van der Waals surface area contributed by atoms with E-state index in [0.29, 0.717) is 24.1 Å². The molecule has 0 aliphatic rings. The molecule has 1 unspecified atom stereocenters. The van der Waals surface area contributed by atoms with Crippen LogP contribution in [-0.2, 0) is 11.2 Å². The van der Waals surface area contributed by atoms with Crippen LogP contribution < -0.4 is 5.32 Å². The minimum Gasteiger partial charge on any atom is -0.344 e. The Balaban J connectivity index is 1.42. The zero-order chi connectivity index (χ0) is 20.9. The van der Waals surface area contributed by atoms with E-state index in [1.807, 2.05) is 28.3 Å². The zero-order valence-electron chi connectivity index (χ0n) is 16.9. The maximum Gasteiger partial charge on any atom is 0.227 e. The fraction of sp³-hybridized carbons (Fsp3) is 0.261. The highest BCUT2D eigenvalue weighted by molar-refractivity contribution is 7.10. The Bertz CT molecular complexity index is 1070. The molecule has 154 valence electrons. The molecule has 1 amide bonds. The predicted octanol–water partition coefficient (Wildman–Crippen LogP) is 5.82. The summed E-state index contributed by atoms with van der Waals surface area (Å²) in [5.74, 6) is 1.47. The van der Waals surface area contributed by atoms with Gasteiger partial charge in [0.15, 0.2) is 0 Å². The highest BCUT2D eigenvalue weighted by Crippen LogP contribution is 2.28. The zero-order valence-corrected chi connectivity index (χ0v) is 18.5. The molecule has 0 saturated carbocycles. The number of aryl methyl sites for hydroxylation is 1. The van der Waals surface area contributed by atoms with E-state index >= 15 is 0 Å². The molecule has 0 radical (unpaired) electrons. The number of carbonyl (C=O) groups excluding carboxylic acids is 1. The molecule has 0 saturated heterocycles. The number of hydrogen-bond acceptors (Lipinski definition) is 6. The molecule has 4 aromatic rings. The van der Waals surface area contributed by atoms with Crippen molar-refractivity contribution in [2.24, 2.45) is 0 Å². The Labute approximate surface area is 183 Å². The molecule has 0 fully saturated rings. The number of carbonyl (C=O) groups is 1. The van der Waals surface area contributed by atoms with Crippen molar-refractivity contribution in [2.45, 2.75) is 38.6 Å². The average molecular weight is 438 g/mol. The number of nitrogens with one attached hydrogen (secondary N) is 1. The van der Waals surface area contributed by atoms with Crippen LogP contribution in [0.5, 0.6) is 0 Å². The summed E-state index contributed by atoms with van der Waals surface area (Å²) in [6.07, 6.45) is 0.698. The van der Waals surface area contributed by atoms with E-state index in [9.17, 15) is 4.79 Å². The van der Waals surface area contributed by atoms with Crippen LogP contribution in [0.15, 0.2) is 63.1 Å². The van der Waals surface area contributed by atoms with Crippen LogP contribution in [0.4, 0.5) is 0 Å². The summed E-state index contributed by atoms with van der Waals surface area (Å²) in [7, 11) is 0.